The maximum atomic E-state index is 5.12. The molecule has 0 amide bonds. The highest BCUT2D eigenvalue weighted by Crippen LogP contribution is 1.87. The van der Waals surface area contributed by atoms with Crippen LogP contribution in [-0.2, 0) is 0 Å². The number of rotatable bonds is 1. The van der Waals surface area contributed by atoms with Crippen LogP contribution in [0.15, 0.2) is 10.2 Å². The second-order valence-corrected chi connectivity index (χ2v) is 2.79. The molecule has 0 aliphatic carbocycles. The van der Waals surface area contributed by atoms with Gasteiger partial charge in [0, 0.05) is 0 Å². The fourth-order valence-corrected chi connectivity index (χ4v) is 0.260. The molecule has 0 aromatic rings. The van der Waals surface area contributed by atoms with E-state index >= 15 is 0 Å². The number of amidine groups is 1. The van der Waals surface area contributed by atoms with E-state index in [0.717, 1.165) is 3.72 Å². The van der Waals surface area contributed by atoms with Crippen LogP contribution in [0, 0.1) is 12.3 Å². The van der Waals surface area contributed by atoms with Gasteiger partial charge in [-0.3, -0.25) is 0 Å². The molecule has 0 bridgehead atoms. The SMILES string of the molecule is C#C/C(N)=N\N=C(/C)I. The molecule has 0 aliphatic rings. The summed E-state index contributed by atoms with van der Waals surface area (Å²) in [6.07, 6.45) is 4.88. The molecule has 0 atom stereocenters. The van der Waals surface area contributed by atoms with Gasteiger partial charge in [-0.25, -0.2) is 0 Å². The van der Waals surface area contributed by atoms with Crippen LogP contribution in [0.5, 0.6) is 0 Å². The molecule has 0 radical (unpaired) electrons. The Morgan fingerprint density at radius 3 is 2.56 bits per heavy atom. The smallest absolute Gasteiger partial charge is 0.197 e. The van der Waals surface area contributed by atoms with Gasteiger partial charge in [-0.1, -0.05) is 0 Å². The first-order valence-electron chi connectivity index (χ1n) is 2.16. The minimum atomic E-state index is 0.103. The molecular formula is C5H6IN3. The van der Waals surface area contributed by atoms with Crippen LogP contribution in [0.4, 0.5) is 0 Å². The molecule has 2 N–H and O–H groups in total. The second-order valence-electron chi connectivity index (χ2n) is 1.23. The van der Waals surface area contributed by atoms with Gasteiger partial charge in [-0.15, -0.1) is 16.6 Å². The Bertz CT molecular complexity index is 183. The third-order valence-electron chi connectivity index (χ3n) is 0.443. The van der Waals surface area contributed by atoms with Crippen molar-refractivity contribution in [3.63, 3.8) is 0 Å². The first-order chi connectivity index (χ1) is 4.16. The van der Waals surface area contributed by atoms with Gasteiger partial charge in [0.05, 0.1) is 3.72 Å². The van der Waals surface area contributed by atoms with Gasteiger partial charge >= 0.3 is 0 Å². The fourth-order valence-electron chi connectivity index (χ4n) is 0.152. The van der Waals surface area contributed by atoms with Crippen molar-refractivity contribution in [2.45, 2.75) is 6.92 Å². The monoisotopic (exact) mass is 235 g/mol. The van der Waals surface area contributed by atoms with E-state index in [2.05, 4.69) is 16.1 Å². The summed E-state index contributed by atoms with van der Waals surface area (Å²) in [5.41, 5.74) is 5.12. The highest BCUT2D eigenvalue weighted by atomic mass is 127. The van der Waals surface area contributed by atoms with Crippen molar-refractivity contribution >= 4 is 32.1 Å². The highest BCUT2D eigenvalue weighted by molar-refractivity contribution is 14.1. The van der Waals surface area contributed by atoms with E-state index in [1.165, 1.54) is 0 Å². The highest BCUT2D eigenvalue weighted by Gasteiger charge is 1.79. The average Bonchev–Trinajstić information content (AvgIpc) is 1.83. The Balaban J connectivity index is 4.03. The Kier molecular flexibility index (Phi) is 4.05. The van der Waals surface area contributed by atoms with Gasteiger partial charge in [0.25, 0.3) is 0 Å². The lowest BCUT2D eigenvalue weighted by molar-refractivity contribution is 1.24. The van der Waals surface area contributed by atoms with Gasteiger partial charge in [0.15, 0.2) is 5.84 Å². The van der Waals surface area contributed by atoms with Gasteiger partial charge in [0.1, 0.15) is 0 Å². The zero-order chi connectivity index (χ0) is 7.28. The van der Waals surface area contributed by atoms with Gasteiger partial charge < -0.3 is 5.73 Å². The number of terminal acetylenes is 1. The van der Waals surface area contributed by atoms with Crippen molar-refractivity contribution < 1.29 is 0 Å². The topological polar surface area (TPSA) is 50.7 Å². The Morgan fingerprint density at radius 1 is 1.67 bits per heavy atom. The Morgan fingerprint density at radius 2 is 2.22 bits per heavy atom. The predicted molar refractivity (Wildman–Crippen MR) is 47.6 cm³/mol. The molecule has 0 unspecified atom stereocenters. The second kappa shape index (κ2) is 4.32. The molecule has 0 saturated heterocycles. The summed E-state index contributed by atoms with van der Waals surface area (Å²) in [6, 6.07) is 0. The Labute approximate surface area is 67.6 Å². The molecule has 9 heavy (non-hydrogen) atoms. The zero-order valence-electron chi connectivity index (χ0n) is 4.93. The normalized spacial score (nSPS) is 13.0. The molecule has 0 saturated carbocycles. The number of nitrogens with zero attached hydrogens (tertiary/aromatic N) is 2. The van der Waals surface area contributed by atoms with Crippen molar-refractivity contribution in [2.24, 2.45) is 15.9 Å². The summed E-state index contributed by atoms with van der Waals surface area (Å²) in [6.45, 7) is 1.80. The number of hydrogen-bond acceptors (Lipinski definition) is 2. The molecule has 48 valence electrons. The van der Waals surface area contributed by atoms with Crippen molar-refractivity contribution in [1.82, 2.24) is 0 Å². The third-order valence-corrected chi connectivity index (χ3v) is 0.659. The van der Waals surface area contributed by atoms with E-state index in [1.54, 1.807) is 6.92 Å². The molecular weight excluding hydrogens is 229 g/mol. The molecule has 0 aromatic heterocycles. The van der Waals surface area contributed by atoms with Crippen molar-refractivity contribution in [3.05, 3.63) is 0 Å². The first-order valence-corrected chi connectivity index (χ1v) is 3.24. The Hall–Kier alpha value is -0.570. The maximum absolute atomic E-state index is 5.12. The van der Waals surface area contributed by atoms with E-state index < -0.39 is 0 Å². The van der Waals surface area contributed by atoms with Crippen LogP contribution in [-0.4, -0.2) is 9.55 Å². The zero-order valence-corrected chi connectivity index (χ0v) is 7.08. The minimum Gasteiger partial charge on any atom is -0.375 e. The van der Waals surface area contributed by atoms with E-state index in [-0.39, 0.29) is 5.84 Å². The summed E-state index contributed by atoms with van der Waals surface area (Å²) in [4.78, 5) is 0. The van der Waals surface area contributed by atoms with Gasteiger partial charge in [-0.2, -0.15) is 0 Å². The van der Waals surface area contributed by atoms with E-state index in [1.807, 2.05) is 22.6 Å². The molecule has 0 rings (SSSR count). The standard InChI is InChI=1S/C5H6IN3/c1-3-5(7)9-8-4(2)6/h1H,2H3,(H2,7,9)/b8-4+. The predicted octanol–water partition coefficient (Wildman–Crippen LogP) is 0.745. The van der Waals surface area contributed by atoms with Gasteiger partial charge in [0.2, 0.25) is 0 Å². The maximum Gasteiger partial charge on any atom is 0.197 e. The van der Waals surface area contributed by atoms with Crippen LogP contribution < -0.4 is 5.73 Å². The van der Waals surface area contributed by atoms with E-state index in [4.69, 9.17) is 12.2 Å². The van der Waals surface area contributed by atoms with Crippen LogP contribution in [0.2, 0.25) is 0 Å². The molecule has 0 aliphatic heterocycles. The summed E-state index contributed by atoms with van der Waals surface area (Å²) in [5.74, 6) is 2.24. The quantitative estimate of drug-likeness (QED) is 0.235. The van der Waals surface area contributed by atoms with Crippen molar-refractivity contribution in [1.29, 1.82) is 0 Å². The molecule has 0 fully saturated rings. The van der Waals surface area contributed by atoms with Crippen LogP contribution >= 0.6 is 22.6 Å². The number of nitrogens with two attached hydrogens (primary N) is 1. The molecule has 0 heterocycles. The van der Waals surface area contributed by atoms with Crippen molar-refractivity contribution in [2.75, 3.05) is 0 Å². The number of hydrogen-bond donors (Lipinski definition) is 1. The molecule has 0 spiro atoms. The fraction of sp³-hybridized carbons (Fsp3) is 0.200. The van der Waals surface area contributed by atoms with Crippen molar-refractivity contribution in [3.8, 4) is 12.3 Å². The first kappa shape index (κ1) is 8.43. The molecule has 4 heteroatoms. The van der Waals surface area contributed by atoms with Crippen LogP contribution in [0.1, 0.15) is 6.92 Å². The van der Waals surface area contributed by atoms with E-state index in [9.17, 15) is 0 Å². The van der Waals surface area contributed by atoms with Crippen LogP contribution in [0.25, 0.3) is 0 Å². The van der Waals surface area contributed by atoms with Crippen LogP contribution in [0.3, 0.4) is 0 Å². The summed E-state index contributed by atoms with van der Waals surface area (Å²) in [7, 11) is 0. The van der Waals surface area contributed by atoms with E-state index in [0.29, 0.717) is 0 Å². The van der Waals surface area contributed by atoms with Gasteiger partial charge in [-0.05, 0) is 35.4 Å². The number of halogens is 1. The average molecular weight is 235 g/mol. The third kappa shape index (κ3) is 5.30. The lowest BCUT2D eigenvalue weighted by Crippen LogP contribution is -2.06. The molecule has 3 nitrogen and oxygen atoms in total. The summed E-state index contributed by atoms with van der Waals surface area (Å²) >= 11 is 2.01. The minimum absolute atomic E-state index is 0.103. The lowest BCUT2D eigenvalue weighted by atomic mass is 10.6. The summed E-state index contributed by atoms with van der Waals surface area (Å²) < 4.78 is 0.797. The largest absolute Gasteiger partial charge is 0.375 e. The summed E-state index contributed by atoms with van der Waals surface area (Å²) in [5, 5.41) is 7.10. The molecule has 0 aromatic carbocycles. The lowest BCUT2D eigenvalue weighted by Gasteiger charge is -1.81.